The maximum Gasteiger partial charge on any atom is 0.309 e. The van der Waals surface area contributed by atoms with Gasteiger partial charge in [0.2, 0.25) is 0 Å². The van der Waals surface area contributed by atoms with Crippen LogP contribution in [0, 0.1) is 5.92 Å². The van der Waals surface area contributed by atoms with Gasteiger partial charge in [0.25, 0.3) is 0 Å². The smallest absolute Gasteiger partial charge is 0.309 e. The zero-order chi connectivity index (χ0) is 13.3. The molecule has 17 heavy (non-hydrogen) atoms. The molecule has 0 saturated carbocycles. The lowest BCUT2D eigenvalue weighted by Gasteiger charge is -2.10. The molecule has 0 atom stereocenters. The first-order valence-electron chi connectivity index (χ1n) is 6.14. The molecule has 0 aromatic carbocycles. The Morgan fingerprint density at radius 3 is 2.06 bits per heavy atom. The van der Waals surface area contributed by atoms with Gasteiger partial charge in [0.05, 0.1) is 0 Å². The summed E-state index contributed by atoms with van der Waals surface area (Å²) in [5.74, 6) is -0.540. The first-order chi connectivity index (χ1) is 7.93. The molecule has 0 aliphatic heterocycles. The number of nitrogens with zero attached hydrogens (tertiary/aromatic N) is 1. The number of nitrogens with one attached hydrogen (secondary N) is 2. The topological polar surface area (TPSA) is 61.4 Å². The third-order valence-electron chi connectivity index (χ3n) is 2.28. The lowest BCUT2D eigenvalue weighted by Crippen LogP contribution is -2.41. The van der Waals surface area contributed by atoms with E-state index in [1.54, 1.807) is 0 Å². The highest BCUT2D eigenvalue weighted by atomic mass is 16.2. The molecule has 0 saturated heterocycles. The fraction of sp³-hybridized carbons (Fsp3) is 0.833. The summed E-state index contributed by atoms with van der Waals surface area (Å²) in [6.45, 7) is 6.15. The van der Waals surface area contributed by atoms with Crippen molar-refractivity contribution >= 4 is 11.8 Å². The van der Waals surface area contributed by atoms with Crippen LogP contribution in [0.4, 0.5) is 0 Å². The van der Waals surface area contributed by atoms with E-state index in [1.807, 2.05) is 19.0 Å². The van der Waals surface area contributed by atoms with Crippen molar-refractivity contribution in [3.63, 3.8) is 0 Å². The summed E-state index contributed by atoms with van der Waals surface area (Å²) >= 11 is 0. The van der Waals surface area contributed by atoms with E-state index in [0.29, 0.717) is 19.0 Å². The van der Waals surface area contributed by atoms with E-state index in [4.69, 9.17) is 0 Å². The molecule has 0 aliphatic rings. The van der Waals surface area contributed by atoms with Crippen LogP contribution in [0.25, 0.3) is 0 Å². The van der Waals surface area contributed by atoms with Crippen molar-refractivity contribution in [2.45, 2.75) is 26.7 Å². The van der Waals surface area contributed by atoms with Crippen molar-refractivity contribution in [3.8, 4) is 0 Å². The van der Waals surface area contributed by atoms with Gasteiger partial charge in [0.1, 0.15) is 0 Å². The minimum absolute atomic E-state index is 0.526. The van der Waals surface area contributed by atoms with Gasteiger partial charge in [-0.15, -0.1) is 0 Å². The molecule has 5 heteroatoms. The highest BCUT2D eigenvalue weighted by Crippen LogP contribution is 1.95. The lowest BCUT2D eigenvalue weighted by atomic mass is 10.1. The molecule has 0 rings (SSSR count). The van der Waals surface area contributed by atoms with Gasteiger partial charge >= 0.3 is 11.8 Å². The average Bonchev–Trinajstić information content (AvgIpc) is 2.23. The van der Waals surface area contributed by atoms with Crippen LogP contribution in [0.2, 0.25) is 0 Å². The van der Waals surface area contributed by atoms with Crippen LogP contribution in [0.1, 0.15) is 26.7 Å². The summed E-state index contributed by atoms with van der Waals surface area (Å²) in [7, 11) is 3.95. The first-order valence-corrected chi connectivity index (χ1v) is 6.14. The number of amides is 2. The first kappa shape index (κ1) is 15.9. The maximum atomic E-state index is 11.3. The second-order valence-corrected chi connectivity index (χ2v) is 4.85. The molecule has 0 aromatic rings. The van der Waals surface area contributed by atoms with Gasteiger partial charge in [-0.25, -0.2) is 0 Å². The molecule has 5 nitrogen and oxygen atoms in total. The molecule has 2 amide bonds. The van der Waals surface area contributed by atoms with Crippen molar-refractivity contribution in [3.05, 3.63) is 0 Å². The van der Waals surface area contributed by atoms with Gasteiger partial charge in [-0.05, 0) is 39.4 Å². The third-order valence-corrected chi connectivity index (χ3v) is 2.28. The van der Waals surface area contributed by atoms with Crippen molar-refractivity contribution in [2.75, 3.05) is 33.7 Å². The zero-order valence-corrected chi connectivity index (χ0v) is 11.4. The fourth-order valence-electron chi connectivity index (χ4n) is 1.23. The van der Waals surface area contributed by atoms with Gasteiger partial charge in [-0.1, -0.05) is 13.8 Å². The van der Waals surface area contributed by atoms with E-state index >= 15 is 0 Å². The van der Waals surface area contributed by atoms with E-state index in [0.717, 1.165) is 19.4 Å². The Labute approximate surface area is 104 Å². The van der Waals surface area contributed by atoms with Crippen molar-refractivity contribution in [2.24, 2.45) is 5.92 Å². The molecule has 0 radical (unpaired) electrons. The average molecular weight is 243 g/mol. The Bertz CT molecular complexity index is 240. The number of rotatable bonds is 7. The van der Waals surface area contributed by atoms with Crippen molar-refractivity contribution in [1.82, 2.24) is 15.5 Å². The highest BCUT2D eigenvalue weighted by Gasteiger charge is 2.11. The van der Waals surface area contributed by atoms with Crippen LogP contribution < -0.4 is 10.6 Å². The van der Waals surface area contributed by atoms with Gasteiger partial charge in [0.15, 0.2) is 0 Å². The molecule has 0 heterocycles. The summed E-state index contributed by atoms with van der Waals surface area (Å²) in [6, 6.07) is 0. The molecule has 100 valence electrons. The van der Waals surface area contributed by atoms with Crippen molar-refractivity contribution in [1.29, 1.82) is 0 Å². The molecular weight excluding hydrogens is 218 g/mol. The monoisotopic (exact) mass is 243 g/mol. The number of carbonyl (C=O) groups excluding carboxylic acids is 2. The molecule has 0 aromatic heterocycles. The van der Waals surface area contributed by atoms with Crippen LogP contribution >= 0.6 is 0 Å². The summed E-state index contributed by atoms with van der Waals surface area (Å²) < 4.78 is 0. The summed E-state index contributed by atoms with van der Waals surface area (Å²) in [5.41, 5.74) is 0. The van der Waals surface area contributed by atoms with Crippen molar-refractivity contribution < 1.29 is 9.59 Å². The van der Waals surface area contributed by atoms with E-state index in [9.17, 15) is 9.59 Å². The van der Waals surface area contributed by atoms with Crippen LogP contribution in [-0.2, 0) is 9.59 Å². The van der Waals surface area contributed by atoms with E-state index < -0.39 is 11.8 Å². The SMILES string of the molecule is CC(C)CCNC(=O)C(=O)NCCCN(C)C. The second kappa shape index (κ2) is 8.98. The fourth-order valence-corrected chi connectivity index (χ4v) is 1.23. The van der Waals surface area contributed by atoms with E-state index in [1.165, 1.54) is 0 Å². The van der Waals surface area contributed by atoms with Crippen LogP contribution in [0.5, 0.6) is 0 Å². The minimum atomic E-state index is -0.535. The quantitative estimate of drug-likeness (QED) is 0.496. The Morgan fingerprint density at radius 2 is 1.59 bits per heavy atom. The molecule has 0 bridgehead atoms. The van der Waals surface area contributed by atoms with Gasteiger partial charge < -0.3 is 15.5 Å². The second-order valence-electron chi connectivity index (χ2n) is 4.85. The van der Waals surface area contributed by atoms with Crippen LogP contribution in [0.3, 0.4) is 0 Å². The number of hydrogen-bond acceptors (Lipinski definition) is 3. The Balaban J connectivity index is 3.57. The Hall–Kier alpha value is -1.10. The maximum absolute atomic E-state index is 11.3. The van der Waals surface area contributed by atoms with Gasteiger partial charge in [0, 0.05) is 13.1 Å². The molecule has 0 aliphatic carbocycles. The Morgan fingerprint density at radius 1 is 1.06 bits per heavy atom. The molecular formula is C12H25N3O2. The normalized spacial score (nSPS) is 10.7. The van der Waals surface area contributed by atoms with E-state index in [2.05, 4.69) is 24.5 Å². The molecule has 0 fully saturated rings. The summed E-state index contributed by atoms with van der Waals surface area (Å²) in [6.07, 6.45) is 1.73. The largest absolute Gasteiger partial charge is 0.348 e. The molecule has 2 N–H and O–H groups in total. The molecule has 0 unspecified atom stereocenters. The van der Waals surface area contributed by atoms with Crippen LogP contribution in [0.15, 0.2) is 0 Å². The Kier molecular flexibility index (Phi) is 8.40. The highest BCUT2D eigenvalue weighted by molar-refractivity contribution is 6.35. The summed E-state index contributed by atoms with van der Waals surface area (Å²) in [5, 5.41) is 5.20. The zero-order valence-electron chi connectivity index (χ0n) is 11.4. The predicted molar refractivity (Wildman–Crippen MR) is 68.6 cm³/mol. The lowest BCUT2D eigenvalue weighted by molar-refractivity contribution is -0.139. The standard InChI is InChI=1S/C12H25N3O2/c1-10(2)6-8-14-12(17)11(16)13-7-5-9-15(3)4/h10H,5-9H2,1-4H3,(H,13,16)(H,14,17). The summed E-state index contributed by atoms with van der Waals surface area (Å²) in [4.78, 5) is 24.7. The van der Waals surface area contributed by atoms with Crippen LogP contribution in [-0.4, -0.2) is 50.4 Å². The number of hydrogen-bond donors (Lipinski definition) is 2. The van der Waals surface area contributed by atoms with Gasteiger partial charge in [-0.2, -0.15) is 0 Å². The predicted octanol–water partition coefficient (Wildman–Crippen LogP) is 0.217. The number of carbonyl (C=O) groups is 2. The molecule has 0 spiro atoms. The van der Waals surface area contributed by atoms with E-state index in [-0.39, 0.29) is 0 Å². The minimum Gasteiger partial charge on any atom is -0.348 e. The van der Waals surface area contributed by atoms with Gasteiger partial charge in [-0.3, -0.25) is 9.59 Å². The third kappa shape index (κ3) is 9.81.